The van der Waals surface area contributed by atoms with E-state index in [1.807, 2.05) is 13.0 Å². The van der Waals surface area contributed by atoms with E-state index in [0.717, 1.165) is 37.0 Å². The van der Waals surface area contributed by atoms with Gasteiger partial charge in [-0.1, -0.05) is 12.5 Å². The third-order valence-corrected chi connectivity index (χ3v) is 8.32. The van der Waals surface area contributed by atoms with Crippen LogP contribution in [-0.2, 0) is 4.79 Å². The molecule has 4 aliphatic carbocycles. The Balaban J connectivity index is 1.63. The summed E-state index contributed by atoms with van der Waals surface area (Å²) in [6.07, 6.45) is 12.6. The molecule has 4 rings (SSSR count). The largest absolute Gasteiger partial charge is 0.393 e. The van der Waals surface area contributed by atoms with Crippen LogP contribution >= 0.6 is 0 Å². The van der Waals surface area contributed by atoms with E-state index in [1.165, 1.54) is 44.1 Å². The van der Waals surface area contributed by atoms with Crippen molar-refractivity contribution in [3.05, 3.63) is 11.6 Å². The number of carbonyl (C=O) groups excluding carboxylic acids is 1. The fraction of sp³-hybridized carbons (Fsp3) is 0.857. The molecule has 0 heterocycles. The van der Waals surface area contributed by atoms with Crippen LogP contribution in [0.2, 0.25) is 0 Å². The number of carbonyl (C=O) groups is 1. The van der Waals surface area contributed by atoms with Crippen LogP contribution < -0.4 is 0 Å². The minimum absolute atomic E-state index is 0.150. The first-order chi connectivity index (χ1) is 11.1. The summed E-state index contributed by atoms with van der Waals surface area (Å²) < 4.78 is 0. The average molecular weight is 316 g/mol. The summed E-state index contributed by atoms with van der Waals surface area (Å²) >= 11 is 0. The predicted molar refractivity (Wildman–Crippen MR) is 91.9 cm³/mol. The van der Waals surface area contributed by atoms with Crippen LogP contribution in [0.3, 0.4) is 0 Å². The number of fused-ring (bicyclic) bond motifs is 5. The van der Waals surface area contributed by atoms with E-state index >= 15 is 0 Å². The summed E-state index contributed by atoms with van der Waals surface area (Å²) in [6, 6.07) is 0. The highest BCUT2D eigenvalue weighted by Gasteiger charge is 2.58. The zero-order chi connectivity index (χ0) is 16.2. The maximum atomic E-state index is 11.8. The van der Waals surface area contributed by atoms with Crippen LogP contribution in [0.25, 0.3) is 0 Å². The molecule has 0 saturated heterocycles. The molecule has 0 aromatic rings. The van der Waals surface area contributed by atoms with E-state index in [4.69, 9.17) is 0 Å². The fourth-order valence-electron chi connectivity index (χ4n) is 7.45. The molecule has 3 fully saturated rings. The highest BCUT2D eigenvalue weighted by atomic mass is 16.3. The fourth-order valence-corrected chi connectivity index (χ4v) is 7.45. The minimum Gasteiger partial charge on any atom is -0.393 e. The molecule has 23 heavy (non-hydrogen) atoms. The summed E-state index contributed by atoms with van der Waals surface area (Å²) in [5.74, 6) is 4.08. The number of allylic oxidation sites excluding steroid dienone is 1. The first-order valence-corrected chi connectivity index (χ1v) is 9.98. The van der Waals surface area contributed by atoms with Crippen molar-refractivity contribution < 1.29 is 9.90 Å². The molecule has 0 amide bonds. The molecule has 0 radical (unpaired) electrons. The lowest BCUT2D eigenvalue weighted by molar-refractivity contribution is -0.116. The van der Waals surface area contributed by atoms with Gasteiger partial charge in [-0.05, 0) is 99.4 Å². The third kappa shape index (κ3) is 2.27. The Morgan fingerprint density at radius 2 is 2.00 bits per heavy atom. The Bertz CT molecular complexity index is 520. The van der Waals surface area contributed by atoms with Gasteiger partial charge in [0.1, 0.15) is 0 Å². The normalized spacial score (nSPS) is 47.3. The van der Waals surface area contributed by atoms with Crippen LogP contribution in [0.5, 0.6) is 0 Å². The lowest BCUT2D eigenvalue weighted by Crippen LogP contribution is -2.48. The number of aliphatic hydroxyl groups is 1. The van der Waals surface area contributed by atoms with E-state index in [1.54, 1.807) is 0 Å². The number of hydrogen-bond acceptors (Lipinski definition) is 2. The molecule has 3 saturated carbocycles. The number of rotatable bonds is 2. The van der Waals surface area contributed by atoms with Gasteiger partial charge in [-0.2, -0.15) is 0 Å². The molecule has 0 unspecified atom stereocenters. The molecular formula is C21H32O2. The van der Waals surface area contributed by atoms with Crippen molar-refractivity contribution in [3.8, 4) is 0 Å². The standard InChI is InChI=1S/C21H32O2/c1-3-21-11-10-17-16-7-5-15(23)12-14(16)4-6-18(17)20(21)9-8-19(21)13(2)22/h12-13,16-20,22H,3-11H2,1-2H3/t13-,16+,17-,18-,19+,20-,21-/m1/s1. The predicted octanol–water partition coefficient (Wildman–Crippen LogP) is 4.52. The summed E-state index contributed by atoms with van der Waals surface area (Å²) in [4.78, 5) is 11.8. The van der Waals surface area contributed by atoms with E-state index in [2.05, 4.69) is 6.92 Å². The Morgan fingerprint density at radius 3 is 2.74 bits per heavy atom. The lowest BCUT2D eigenvalue weighted by Gasteiger charge is -2.55. The second-order valence-corrected chi connectivity index (χ2v) is 8.85. The molecule has 4 aliphatic rings. The van der Waals surface area contributed by atoms with Gasteiger partial charge in [0.15, 0.2) is 5.78 Å². The molecule has 1 N–H and O–H groups in total. The van der Waals surface area contributed by atoms with Crippen LogP contribution in [0.15, 0.2) is 11.6 Å². The second kappa shape index (κ2) is 5.72. The molecule has 7 atom stereocenters. The van der Waals surface area contributed by atoms with Gasteiger partial charge in [-0.25, -0.2) is 0 Å². The topological polar surface area (TPSA) is 37.3 Å². The molecule has 0 aliphatic heterocycles. The van der Waals surface area contributed by atoms with Crippen molar-refractivity contribution in [2.24, 2.45) is 35.0 Å². The van der Waals surface area contributed by atoms with Gasteiger partial charge in [0.2, 0.25) is 0 Å². The Hall–Kier alpha value is -0.630. The average Bonchev–Trinajstić information content (AvgIpc) is 2.94. The maximum Gasteiger partial charge on any atom is 0.155 e. The van der Waals surface area contributed by atoms with Crippen molar-refractivity contribution in [1.29, 1.82) is 0 Å². The second-order valence-electron chi connectivity index (χ2n) is 8.85. The summed E-state index contributed by atoms with van der Waals surface area (Å²) in [6.45, 7) is 4.38. The molecule has 0 bridgehead atoms. The molecule has 2 nitrogen and oxygen atoms in total. The quantitative estimate of drug-likeness (QED) is 0.813. The maximum absolute atomic E-state index is 11.8. The van der Waals surface area contributed by atoms with Crippen molar-refractivity contribution in [1.82, 2.24) is 0 Å². The number of aliphatic hydroxyl groups excluding tert-OH is 1. The van der Waals surface area contributed by atoms with Crippen LogP contribution in [0, 0.1) is 35.0 Å². The zero-order valence-electron chi connectivity index (χ0n) is 14.8. The van der Waals surface area contributed by atoms with E-state index < -0.39 is 0 Å². The van der Waals surface area contributed by atoms with E-state index in [-0.39, 0.29) is 6.10 Å². The molecule has 0 spiro atoms. The zero-order valence-corrected chi connectivity index (χ0v) is 14.8. The number of hydrogen-bond donors (Lipinski definition) is 1. The van der Waals surface area contributed by atoms with Gasteiger partial charge in [0.05, 0.1) is 6.10 Å². The van der Waals surface area contributed by atoms with Gasteiger partial charge < -0.3 is 5.11 Å². The molecule has 0 aromatic carbocycles. The van der Waals surface area contributed by atoms with Crippen molar-refractivity contribution in [2.75, 3.05) is 0 Å². The highest BCUT2D eigenvalue weighted by Crippen LogP contribution is 2.65. The van der Waals surface area contributed by atoms with Gasteiger partial charge >= 0.3 is 0 Å². The SMILES string of the molecule is CC[C@]12CC[C@H]3[C@@H](CCC4=CC(=O)CC[C@@H]43)[C@H]1CC[C@H]2[C@@H](C)O. The Kier molecular flexibility index (Phi) is 3.95. The van der Waals surface area contributed by atoms with E-state index in [9.17, 15) is 9.90 Å². The number of ketones is 1. The first kappa shape index (κ1) is 15.9. The van der Waals surface area contributed by atoms with Crippen molar-refractivity contribution in [2.45, 2.75) is 77.7 Å². The summed E-state index contributed by atoms with van der Waals surface area (Å²) in [5.41, 5.74) is 1.89. The summed E-state index contributed by atoms with van der Waals surface area (Å²) in [5, 5.41) is 10.4. The monoisotopic (exact) mass is 316 g/mol. The van der Waals surface area contributed by atoms with Crippen LogP contribution in [-0.4, -0.2) is 17.0 Å². The highest BCUT2D eigenvalue weighted by molar-refractivity contribution is 5.91. The van der Waals surface area contributed by atoms with Crippen molar-refractivity contribution in [3.63, 3.8) is 0 Å². The lowest BCUT2D eigenvalue weighted by atomic mass is 9.50. The Labute approximate surface area is 140 Å². The van der Waals surface area contributed by atoms with Gasteiger partial charge in [0, 0.05) is 6.42 Å². The smallest absolute Gasteiger partial charge is 0.155 e. The minimum atomic E-state index is -0.150. The van der Waals surface area contributed by atoms with Gasteiger partial charge in [-0.3, -0.25) is 4.79 Å². The van der Waals surface area contributed by atoms with Gasteiger partial charge in [-0.15, -0.1) is 0 Å². The Morgan fingerprint density at radius 1 is 1.17 bits per heavy atom. The first-order valence-electron chi connectivity index (χ1n) is 9.98. The molecule has 2 heteroatoms. The van der Waals surface area contributed by atoms with Crippen LogP contribution in [0.1, 0.15) is 71.6 Å². The van der Waals surface area contributed by atoms with Crippen molar-refractivity contribution >= 4 is 5.78 Å². The van der Waals surface area contributed by atoms with Crippen LogP contribution in [0.4, 0.5) is 0 Å². The third-order valence-electron chi connectivity index (χ3n) is 8.32. The van der Waals surface area contributed by atoms with E-state index in [0.29, 0.717) is 23.0 Å². The molecule has 0 aromatic heterocycles. The molecular weight excluding hydrogens is 284 g/mol. The molecule has 128 valence electrons. The summed E-state index contributed by atoms with van der Waals surface area (Å²) in [7, 11) is 0. The van der Waals surface area contributed by atoms with Gasteiger partial charge in [0.25, 0.3) is 0 Å².